The molecule has 1 aromatic heterocycles. The van der Waals surface area contributed by atoms with Crippen LogP contribution in [-0.4, -0.2) is 55.7 Å². The number of carbonyl (C=O) groups excluding carboxylic acids is 1. The van der Waals surface area contributed by atoms with Crippen molar-refractivity contribution in [1.29, 1.82) is 0 Å². The highest BCUT2D eigenvalue weighted by Crippen LogP contribution is 2.35. The van der Waals surface area contributed by atoms with E-state index in [-0.39, 0.29) is 4.90 Å². The van der Waals surface area contributed by atoms with E-state index in [4.69, 9.17) is 9.47 Å². The van der Waals surface area contributed by atoms with Gasteiger partial charge >= 0.3 is 0 Å². The maximum Gasteiger partial charge on any atom is 0.259 e. The molecule has 0 saturated heterocycles. The number of nitrogens with zero attached hydrogens (tertiary/aromatic N) is 3. The molecule has 32 heavy (non-hydrogen) atoms. The molecule has 0 spiro atoms. The smallest absolute Gasteiger partial charge is 0.259 e. The summed E-state index contributed by atoms with van der Waals surface area (Å²) in [4.78, 5) is 13.2. The highest BCUT2D eigenvalue weighted by atomic mass is 32.2. The Morgan fingerprint density at radius 2 is 1.84 bits per heavy atom. The number of anilines is 1. The molecular weight excluding hydrogens is 432 g/mol. The number of rotatable bonds is 5. The lowest BCUT2D eigenvalue weighted by Crippen LogP contribution is -2.22. The van der Waals surface area contributed by atoms with E-state index < -0.39 is 15.9 Å². The quantitative estimate of drug-likeness (QED) is 0.633. The SMILES string of the molecule is CN(C)S(=O)(=O)c1cccc(NC(=O)c2cn(C)nc2-c2ccc3c(c2)OCCCO3)c1. The number of nitrogens with one attached hydrogen (secondary N) is 1. The fraction of sp³-hybridized carbons (Fsp3) is 0.273. The molecule has 0 atom stereocenters. The minimum absolute atomic E-state index is 0.0922. The van der Waals surface area contributed by atoms with E-state index in [0.29, 0.717) is 47.2 Å². The minimum atomic E-state index is -3.62. The molecule has 0 aliphatic carbocycles. The van der Waals surface area contributed by atoms with Crippen molar-refractivity contribution < 1.29 is 22.7 Å². The van der Waals surface area contributed by atoms with Crippen LogP contribution < -0.4 is 14.8 Å². The summed E-state index contributed by atoms with van der Waals surface area (Å²) in [6.45, 7) is 1.14. The zero-order chi connectivity index (χ0) is 22.9. The average Bonchev–Trinajstić information content (AvgIpc) is 3.00. The Balaban J connectivity index is 1.64. The molecule has 1 aliphatic heterocycles. The van der Waals surface area contributed by atoms with Crippen molar-refractivity contribution in [1.82, 2.24) is 14.1 Å². The summed E-state index contributed by atoms with van der Waals surface area (Å²) in [7, 11) is 1.02. The number of carbonyl (C=O) groups is 1. The van der Waals surface area contributed by atoms with Gasteiger partial charge in [-0.15, -0.1) is 0 Å². The molecule has 1 amide bonds. The number of amides is 1. The van der Waals surface area contributed by atoms with Crippen molar-refractivity contribution in [2.45, 2.75) is 11.3 Å². The molecular formula is C22H24N4O5S. The number of aryl methyl sites for hydroxylation is 1. The summed E-state index contributed by atoms with van der Waals surface area (Å²) in [5, 5.41) is 7.23. The Morgan fingerprint density at radius 1 is 1.09 bits per heavy atom. The molecule has 10 heteroatoms. The predicted molar refractivity (Wildman–Crippen MR) is 120 cm³/mol. The van der Waals surface area contributed by atoms with Gasteiger partial charge in [0.05, 0.1) is 23.7 Å². The van der Waals surface area contributed by atoms with Gasteiger partial charge in [0, 0.05) is 45.0 Å². The van der Waals surface area contributed by atoms with Crippen molar-refractivity contribution in [3.8, 4) is 22.8 Å². The van der Waals surface area contributed by atoms with Crippen LogP contribution in [0, 0.1) is 0 Å². The summed E-state index contributed by atoms with van der Waals surface area (Å²) in [6.07, 6.45) is 2.41. The van der Waals surface area contributed by atoms with Crippen LogP contribution in [0.1, 0.15) is 16.8 Å². The second-order valence-corrected chi connectivity index (χ2v) is 9.70. The van der Waals surface area contributed by atoms with Gasteiger partial charge < -0.3 is 14.8 Å². The highest BCUT2D eigenvalue weighted by molar-refractivity contribution is 7.89. The second-order valence-electron chi connectivity index (χ2n) is 7.55. The first-order valence-electron chi connectivity index (χ1n) is 10.0. The maximum atomic E-state index is 13.1. The first kappa shape index (κ1) is 21.8. The van der Waals surface area contributed by atoms with Crippen molar-refractivity contribution in [2.24, 2.45) is 7.05 Å². The zero-order valence-corrected chi connectivity index (χ0v) is 18.8. The van der Waals surface area contributed by atoms with E-state index in [1.165, 1.54) is 26.2 Å². The number of hydrogen-bond acceptors (Lipinski definition) is 6. The van der Waals surface area contributed by atoms with Crippen LogP contribution >= 0.6 is 0 Å². The lowest BCUT2D eigenvalue weighted by molar-refractivity contribution is 0.102. The Hall–Kier alpha value is -3.37. The molecule has 0 unspecified atom stereocenters. The molecule has 4 rings (SSSR count). The molecule has 0 radical (unpaired) electrons. The zero-order valence-electron chi connectivity index (χ0n) is 18.0. The number of sulfonamides is 1. The molecule has 2 aromatic carbocycles. The summed E-state index contributed by atoms with van der Waals surface area (Å²) in [5.41, 5.74) is 1.91. The van der Waals surface area contributed by atoms with Gasteiger partial charge in [-0.1, -0.05) is 6.07 Å². The van der Waals surface area contributed by atoms with Crippen molar-refractivity contribution >= 4 is 21.6 Å². The van der Waals surface area contributed by atoms with Gasteiger partial charge in [0.1, 0.15) is 5.69 Å². The fourth-order valence-corrected chi connectivity index (χ4v) is 4.27. The monoisotopic (exact) mass is 456 g/mol. The van der Waals surface area contributed by atoms with Crippen molar-refractivity contribution in [3.05, 3.63) is 54.2 Å². The van der Waals surface area contributed by atoms with E-state index in [0.717, 1.165) is 10.7 Å². The van der Waals surface area contributed by atoms with Crippen LogP contribution in [-0.2, 0) is 17.1 Å². The minimum Gasteiger partial charge on any atom is -0.490 e. The molecule has 168 valence electrons. The topological polar surface area (TPSA) is 103 Å². The van der Waals surface area contributed by atoms with Gasteiger partial charge in [0.25, 0.3) is 5.91 Å². The molecule has 2 heterocycles. The van der Waals surface area contributed by atoms with Gasteiger partial charge in [-0.3, -0.25) is 9.48 Å². The van der Waals surface area contributed by atoms with Gasteiger partial charge in [0.15, 0.2) is 11.5 Å². The van der Waals surface area contributed by atoms with Crippen molar-refractivity contribution in [3.63, 3.8) is 0 Å². The van der Waals surface area contributed by atoms with E-state index in [2.05, 4.69) is 10.4 Å². The van der Waals surface area contributed by atoms with Crippen molar-refractivity contribution in [2.75, 3.05) is 32.6 Å². The van der Waals surface area contributed by atoms with Gasteiger partial charge in [-0.25, -0.2) is 12.7 Å². The molecule has 0 bridgehead atoms. The highest BCUT2D eigenvalue weighted by Gasteiger charge is 2.21. The largest absolute Gasteiger partial charge is 0.490 e. The number of fused-ring (bicyclic) bond motifs is 1. The normalized spacial score (nSPS) is 13.6. The third-order valence-electron chi connectivity index (χ3n) is 4.96. The number of ether oxygens (including phenoxy) is 2. The molecule has 0 fully saturated rings. The lowest BCUT2D eigenvalue weighted by atomic mass is 10.1. The van der Waals surface area contributed by atoms with Crippen LogP contribution in [0.4, 0.5) is 5.69 Å². The number of hydrogen-bond donors (Lipinski definition) is 1. The fourth-order valence-electron chi connectivity index (χ4n) is 3.32. The first-order chi connectivity index (χ1) is 15.3. The Kier molecular flexibility index (Phi) is 5.90. The summed E-state index contributed by atoms with van der Waals surface area (Å²) < 4.78 is 38.9. The summed E-state index contributed by atoms with van der Waals surface area (Å²) in [6, 6.07) is 11.6. The Labute approximate surface area is 186 Å². The first-order valence-corrected chi connectivity index (χ1v) is 11.5. The third kappa shape index (κ3) is 4.32. The van der Waals surface area contributed by atoms with Crippen LogP contribution in [0.3, 0.4) is 0 Å². The van der Waals surface area contributed by atoms with Gasteiger partial charge in [-0.05, 0) is 36.4 Å². The summed E-state index contributed by atoms with van der Waals surface area (Å²) >= 11 is 0. The van der Waals surface area contributed by atoms with E-state index in [1.54, 1.807) is 30.1 Å². The Bertz CT molecular complexity index is 1270. The molecule has 0 saturated carbocycles. The van der Waals surface area contributed by atoms with Gasteiger partial charge in [-0.2, -0.15) is 5.10 Å². The number of aromatic nitrogens is 2. The Morgan fingerprint density at radius 3 is 2.59 bits per heavy atom. The van der Waals surface area contributed by atoms with E-state index in [1.807, 2.05) is 18.2 Å². The third-order valence-corrected chi connectivity index (χ3v) is 6.78. The number of benzene rings is 2. The van der Waals surface area contributed by atoms with E-state index in [9.17, 15) is 13.2 Å². The maximum absolute atomic E-state index is 13.1. The summed E-state index contributed by atoms with van der Waals surface area (Å²) in [5.74, 6) is 0.866. The second kappa shape index (κ2) is 8.64. The predicted octanol–water partition coefficient (Wildman–Crippen LogP) is 2.75. The van der Waals surface area contributed by atoms with Crippen LogP contribution in [0.15, 0.2) is 53.6 Å². The molecule has 9 nitrogen and oxygen atoms in total. The lowest BCUT2D eigenvalue weighted by Gasteiger charge is -2.13. The van der Waals surface area contributed by atoms with Gasteiger partial charge in [0.2, 0.25) is 10.0 Å². The standard InChI is InChI=1S/C22H24N4O5S/c1-25(2)32(28,29)17-7-4-6-16(13-17)23-22(27)18-14-26(3)24-21(18)15-8-9-19-20(12-15)31-11-5-10-30-19/h4,6-9,12-14H,5,10-11H2,1-3H3,(H,23,27). The van der Waals surface area contributed by atoms with Crippen LogP contribution in [0.2, 0.25) is 0 Å². The van der Waals surface area contributed by atoms with E-state index >= 15 is 0 Å². The molecule has 3 aromatic rings. The molecule has 1 aliphatic rings. The molecule has 1 N–H and O–H groups in total. The van der Waals surface area contributed by atoms with Crippen LogP contribution in [0.5, 0.6) is 11.5 Å². The van der Waals surface area contributed by atoms with Crippen LogP contribution in [0.25, 0.3) is 11.3 Å². The average molecular weight is 457 g/mol.